The lowest BCUT2D eigenvalue weighted by molar-refractivity contribution is -0.384. The van der Waals surface area contributed by atoms with E-state index in [1.165, 1.54) is 24.3 Å². The van der Waals surface area contributed by atoms with Gasteiger partial charge in [0.15, 0.2) is 0 Å². The van der Waals surface area contributed by atoms with Gasteiger partial charge in [-0.25, -0.2) is 0 Å². The van der Waals surface area contributed by atoms with E-state index < -0.39 is 9.85 Å². The number of ether oxygens (including phenoxy) is 2. The Balaban J connectivity index is 1.85. The summed E-state index contributed by atoms with van der Waals surface area (Å²) in [6.07, 6.45) is 1.07. The quantitative estimate of drug-likeness (QED) is 0.259. The van der Waals surface area contributed by atoms with Gasteiger partial charge in [0.05, 0.1) is 46.6 Å². The molecule has 150 valence electrons. The Bertz CT molecular complexity index is 836. The average molecular weight is 431 g/mol. The zero-order valence-corrected chi connectivity index (χ0v) is 15.9. The molecule has 0 aliphatic carbocycles. The van der Waals surface area contributed by atoms with Crippen molar-refractivity contribution in [2.24, 2.45) is 0 Å². The fourth-order valence-corrected chi connectivity index (χ4v) is 2.70. The molecule has 0 fully saturated rings. The van der Waals surface area contributed by atoms with E-state index in [2.05, 4.69) is 0 Å². The summed E-state index contributed by atoms with van der Waals surface area (Å²) in [5, 5.41) is 21.7. The minimum absolute atomic E-state index is 0.0714. The third-order valence-electron chi connectivity index (χ3n) is 3.61. The Hall–Kier alpha value is -2.98. The smallest absolute Gasteiger partial charge is 0.291 e. The first-order chi connectivity index (χ1) is 13.2. The first-order valence-electron chi connectivity index (χ1n) is 7.93. The zero-order chi connectivity index (χ0) is 20.8. The fraction of sp³-hybridized carbons (Fsp3) is 0.250. The van der Waals surface area contributed by atoms with Gasteiger partial charge < -0.3 is 20.9 Å². The normalized spacial score (nSPS) is 10.5. The summed E-state index contributed by atoms with van der Waals surface area (Å²) < 4.78 is 10.9. The van der Waals surface area contributed by atoms with Crippen LogP contribution in [0.25, 0.3) is 0 Å². The van der Waals surface area contributed by atoms with E-state index >= 15 is 0 Å². The molecule has 0 aromatic heterocycles. The van der Waals surface area contributed by atoms with Gasteiger partial charge in [0.1, 0.15) is 21.5 Å². The van der Waals surface area contributed by atoms with Crippen molar-refractivity contribution in [3.8, 4) is 11.5 Å². The monoisotopic (exact) mass is 430 g/mol. The number of nitrogen functional groups attached to an aromatic ring is 2. The van der Waals surface area contributed by atoms with Gasteiger partial charge in [-0.05, 0) is 25.0 Å². The number of hydrogen-bond donors (Lipinski definition) is 2. The molecule has 10 nitrogen and oxygen atoms in total. The number of benzene rings is 2. The molecule has 4 N–H and O–H groups in total. The minimum atomic E-state index is -0.627. The highest BCUT2D eigenvalue weighted by molar-refractivity contribution is 6.33. The van der Waals surface area contributed by atoms with Gasteiger partial charge in [0.25, 0.3) is 11.4 Å². The number of nitro groups is 2. The van der Waals surface area contributed by atoms with Crippen LogP contribution in [0.4, 0.5) is 22.7 Å². The summed E-state index contributed by atoms with van der Waals surface area (Å²) in [6.45, 7) is 0.450. The number of rotatable bonds is 9. The van der Waals surface area contributed by atoms with Crippen LogP contribution in [0.5, 0.6) is 11.5 Å². The Kier molecular flexibility index (Phi) is 7.07. The molecule has 0 radical (unpaired) electrons. The molecular formula is C16H16Cl2N4O6. The van der Waals surface area contributed by atoms with Crippen LogP contribution in [0, 0.1) is 20.2 Å². The Morgan fingerprint density at radius 3 is 1.46 bits per heavy atom. The lowest BCUT2D eigenvalue weighted by Gasteiger charge is -2.11. The van der Waals surface area contributed by atoms with Crippen LogP contribution < -0.4 is 20.9 Å². The third kappa shape index (κ3) is 5.27. The molecule has 0 saturated heterocycles. The molecule has 0 spiro atoms. The molecule has 2 aromatic carbocycles. The van der Waals surface area contributed by atoms with E-state index in [1.807, 2.05) is 0 Å². The number of unbranched alkanes of at least 4 members (excludes halogenated alkanes) is 1. The van der Waals surface area contributed by atoms with Crippen LogP contribution in [-0.2, 0) is 0 Å². The van der Waals surface area contributed by atoms with Crippen molar-refractivity contribution in [3.05, 3.63) is 54.5 Å². The van der Waals surface area contributed by atoms with E-state index in [0.717, 1.165) is 0 Å². The molecule has 0 aliphatic rings. The summed E-state index contributed by atoms with van der Waals surface area (Å²) in [5.41, 5.74) is 11.3. The van der Waals surface area contributed by atoms with Crippen molar-refractivity contribution in [2.75, 3.05) is 24.7 Å². The molecule has 0 bridgehead atoms. The van der Waals surface area contributed by atoms with Crippen molar-refractivity contribution in [3.63, 3.8) is 0 Å². The maximum Gasteiger partial charge on any atom is 0.291 e. The van der Waals surface area contributed by atoms with E-state index in [-0.39, 0.29) is 57.5 Å². The van der Waals surface area contributed by atoms with Gasteiger partial charge >= 0.3 is 0 Å². The standard InChI is InChI=1S/C16H16Cl2N4O6/c17-9-5-11(19)15(7-13(9)21(23)24)27-3-1-2-4-28-16-8-14(22(25)26)10(18)6-12(16)20/h5-8H,1-4,19-20H2. The van der Waals surface area contributed by atoms with Crippen LogP contribution in [0.2, 0.25) is 10.0 Å². The van der Waals surface area contributed by atoms with Crippen molar-refractivity contribution < 1.29 is 19.3 Å². The molecule has 2 aromatic rings. The molecule has 0 aliphatic heterocycles. The largest absolute Gasteiger partial charge is 0.491 e. The number of hydrogen-bond acceptors (Lipinski definition) is 8. The number of anilines is 2. The number of nitrogens with two attached hydrogens (primary N) is 2. The summed E-state index contributed by atoms with van der Waals surface area (Å²) in [5.74, 6) is 0.323. The summed E-state index contributed by atoms with van der Waals surface area (Å²) in [6, 6.07) is 4.85. The number of nitrogens with zero attached hydrogens (tertiary/aromatic N) is 2. The predicted molar refractivity (Wildman–Crippen MR) is 105 cm³/mol. The summed E-state index contributed by atoms with van der Waals surface area (Å²) >= 11 is 11.5. The van der Waals surface area contributed by atoms with Crippen LogP contribution in [0.1, 0.15) is 12.8 Å². The first-order valence-corrected chi connectivity index (χ1v) is 8.68. The SMILES string of the molecule is Nc1cc(Cl)c([N+](=O)[O-])cc1OCCCCOc1cc([N+](=O)[O-])c(Cl)cc1N. The Morgan fingerprint density at radius 1 is 0.786 bits per heavy atom. The maximum absolute atomic E-state index is 10.9. The fourth-order valence-electron chi connectivity index (χ4n) is 2.21. The minimum Gasteiger partial charge on any atom is -0.491 e. The average Bonchev–Trinajstić information content (AvgIpc) is 2.60. The number of nitro benzene ring substituents is 2. The van der Waals surface area contributed by atoms with E-state index in [0.29, 0.717) is 12.8 Å². The highest BCUT2D eigenvalue weighted by atomic mass is 35.5. The molecule has 0 amide bonds. The molecule has 28 heavy (non-hydrogen) atoms. The summed E-state index contributed by atoms with van der Waals surface area (Å²) in [4.78, 5) is 20.5. The highest BCUT2D eigenvalue weighted by Gasteiger charge is 2.17. The Morgan fingerprint density at radius 2 is 1.14 bits per heavy atom. The molecular weight excluding hydrogens is 415 g/mol. The van der Waals surface area contributed by atoms with Gasteiger partial charge in [-0.15, -0.1) is 0 Å². The highest BCUT2D eigenvalue weighted by Crippen LogP contribution is 2.35. The summed E-state index contributed by atoms with van der Waals surface area (Å²) in [7, 11) is 0. The number of halogens is 2. The van der Waals surface area contributed by atoms with Crippen LogP contribution >= 0.6 is 23.2 Å². The van der Waals surface area contributed by atoms with E-state index in [4.69, 9.17) is 44.1 Å². The molecule has 0 heterocycles. The lowest BCUT2D eigenvalue weighted by Crippen LogP contribution is -2.05. The molecule has 0 unspecified atom stereocenters. The van der Waals surface area contributed by atoms with Gasteiger partial charge in [-0.3, -0.25) is 20.2 Å². The van der Waals surface area contributed by atoms with Gasteiger partial charge in [-0.1, -0.05) is 23.2 Å². The second kappa shape index (κ2) is 9.29. The van der Waals surface area contributed by atoms with Gasteiger partial charge in [0, 0.05) is 0 Å². The lowest BCUT2D eigenvalue weighted by atomic mass is 10.2. The van der Waals surface area contributed by atoms with Crippen molar-refractivity contribution in [1.29, 1.82) is 0 Å². The van der Waals surface area contributed by atoms with E-state index in [1.54, 1.807) is 0 Å². The van der Waals surface area contributed by atoms with Crippen molar-refractivity contribution in [1.82, 2.24) is 0 Å². The maximum atomic E-state index is 10.9. The zero-order valence-electron chi connectivity index (χ0n) is 14.4. The second-order valence-electron chi connectivity index (χ2n) is 5.60. The third-order valence-corrected chi connectivity index (χ3v) is 4.21. The second-order valence-corrected chi connectivity index (χ2v) is 6.42. The molecule has 0 atom stereocenters. The van der Waals surface area contributed by atoms with Crippen molar-refractivity contribution >= 4 is 46.0 Å². The van der Waals surface area contributed by atoms with Crippen molar-refractivity contribution in [2.45, 2.75) is 12.8 Å². The molecule has 2 rings (SSSR count). The van der Waals surface area contributed by atoms with Crippen LogP contribution in [0.15, 0.2) is 24.3 Å². The van der Waals surface area contributed by atoms with Gasteiger partial charge in [-0.2, -0.15) is 0 Å². The molecule has 0 saturated carbocycles. The predicted octanol–water partition coefficient (Wildman–Crippen LogP) is 4.21. The van der Waals surface area contributed by atoms with Crippen LogP contribution in [-0.4, -0.2) is 23.1 Å². The van der Waals surface area contributed by atoms with Gasteiger partial charge in [0.2, 0.25) is 0 Å². The Labute approximate surface area is 169 Å². The molecule has 12 heteroatoms. The topological polar surface area (TPSA) is 157 Å². The first kappa shape index (κ1) is 21.3. The van der Waals surface area contributed by atoms with Crippen LogP contribution in [0.3, 0.4) is 0 Å². The van der Waals surface area contributed by atoms with E-state index in [9.17, 15) is 20.2 Å².